The molecule has 3 rings (SSSR count). The standard InChI is InChI=1S/C30H34BrClN2O3/c1-5-22(4)33-30(36)27(17-23-11-7-6-8-12-23)34(18-24-13-9-10-14-26(24)32)28(35)19-37-25-15-20(2)29(31)21(3)16-25/h6-16,22,27H,5,17-19H2,1-4H3,(H,33,36)/t22-,27+/m1/s1. The van der Waals surface area contributed by atoms with E-state index in [1.54, 1.807) is 11.0 Å². The van der Waals surface area contributed by atoms with Crippen LogP contribution in [0.1, 0.15) is 42.5 Å². The Morgan fingerprint density at radius 1 is 1.03 bits per heavy atom. The average molecular weight is 586 g/mol. The smallest absolute Gasteiger partial charge is 0.261 e. The van der Waals surface area contributed by atoms with Crippen molar-refractivity contribution in [2.45, 2.75) is 59.2 Å². The Bertz CT molecular complexity index is 1200. The number of carbonyl (C=O) groups is 2. The fourth-order valence-electron chi connectivity index (χ4n) is 4.02. The summed E-state index contributed by atoms with van der Waals surface area (Å²) in [7, 11) is 0. The van der Waals surface area contributed by atoms with Crippen LogP contribution in [0.3, 0.4) is 0 Å². The van der Waals surface area contributed by atoms with E-state index in [1.165, 1.54) is 0 Å². The highest BCUT2D eigenvalue weighted by Gasteiger charge is 2.31. The molecule has 0 spiro atoms. The molecule has 2 atom stereocenters. The lowest BCUT2D eigenvalue weighted by Gasteiger charge is -2.32. The number of benzene rings is 3. The predicted octanol–water partition coefficient (Wildman–Crippen LogP) is 6.65. The van der Waals surface area contributed by atoms with E-state index in [2.05, 4.69) is 21.2 Å². The Balaban J connectivity index is 1.94. The zero-order valence-electron chi connectivity index (χ0n) is 21.8. The summed E-state index contributed by atoms with van der Waals surface area (Å²) < 4.78 is 6.95. The number of halogens is 2. The molecule has 0 fully saturated rings. The number of rotatable bonds is 11. The first kappa shape index (κ1) is 28.7. The number of amides is 2. The second-order valence-corrected chi connectivity index (χ2v) is 10.5. The monoisotopic (exact) mass is 584 g/mol. The fourth-order valence-corrected chi connectivity index (χ4v) is 4.45. The number of ether oxygens (including phenoxy) is 1. The van der Waals surface area contributed by atoms with Crippen molar-refractivity contribution in [2.75, 3.05) is 6.61 Å². The highest BCUT2D eigenvalue weighted by atomic mass is 79.9. The van der Waals surface area contributed by atoms with Crippen LogP contribution >= 0.6 is 27.5 Å². The number of nitrogens with zero attached hydrogens (tertiary/aromatic N) is 1. The van der Waals surface area contributed by atoms with Crippen LogP contribution in [0, 0.1) is 13.8 Å². The lowest BCUT2D eigenvalue weighted by Crippen LogP contribution is -2.53. The summed E-state index contributed by atoms with van der Waals surface area (Å²) in [6.07, 6.45) is 1.16. The van der Waals surface area contributed by atoms with E-state index in [0.717, 1.165) is 33.1 Å². The van der Waals surface area contributed by atoms with Crippen LogP contribution in [-0.4, -0.2) is 35.4 Å². The highest BCUT2D eigenvalue weighted by molar-refractivity contribution is 9.10. The second-order valence-electron chi connectivity index (χ2n) is 9.30. The van der Waals surface area contributed by atoms with Crippen molar-refractivity contribution in [3.05, 3.63) is 98.5 Å². The third-order valence-corrected chi connectivity index (χ3v) is 7.96. The van der Waals surface area contributed by atoms with Crippen LogP contribution in [0.4, 0.5) is 0 Å². The number of carbonyl (C=O) groups excluding carboxylic acids is 2. The van der Waals surface area contributed by atoms with Gasteiger partial charge in [-0.1, -0.05) is 83.0 Å². The minimum atomic E-state index is -0.739. The Morgan fingerprint density at radius 3 is 2.27 bits per heavy atom. The largest absolute Gasteiger partial charge is 0.484 e. The van der Waals surface area contributed by atoms with Crippen LogP contribution in [0.15, 0.2) is 71.2 Å². The molecule has 0 bridgehead atoms. The Kier molecular flexibility index (Phi) is 10.6. The van der Waals surface area contributed by atoms with Crippen molar-refractivity contribution in [1.82, 2.24) is 10.2 Å². The molecule has 37 heavy (non-hydrogen) atoms. The molecular formula is C30H34BrClN2O3. The van der Waals surface area contributed by atoms with Gasteiger partial charge in [-0.2, -0.15) is 0 Å². The molecule has 0 aliphatic heterocycles. The zero-order chi connectivity index (χ0) is 26.9. The quantitative estimate of drug-likeness (QED) is 0.274. The number of hydrogen-bond donors (Lipinski definition) is 1. The van der Waals surface area contributed by atoms with Gasteiger partial charge in [0.25, 0.3) is 5.91 Å². The Morgan fingerprint density at radius 2 is 1.65 bits per heavy atom. The lowest BCUT2D eigenvalue weighted by molar-refractivity contribution is -0.143. The van der Waals surface area contributed by atoms with Crippen molar-refractivity contribution < 1.29 is 14.3 Å². The van der Waals surface area contributed by atoms with Gasteiger partial charge in [-0.05, 0) is 67.6 Å². The first-order valence-corrected chi connectivity index (χ1v) is 13.6. The van der Waals surface area contributed by atoms with E-state index in [9.17, 15) is 9.59 Å². The maximum Gasteiger partial charge on any atom is 0.261 e. The highest BCUT2D eigenvalue weighted by Crippen LogP contribution is 2.27. The van der Waals surface area contributed by atoms with Crippen molar-refractivity contribution in [1.29, 1.82) is 0 Å². The van der Waals surface area contributed by atoms with Crippen molar-refractivity contribution in [2.24, 2.45) is 0 Å². The molecule has 0 unspecified atom stereocenters. The SMILES string of the molecule is CC[C@@H](C)NC(=O)[C@H](Cc1ccccc1)N(Cc1ccccc1Cl)C(=O)COc1cc(C)c(Br)c(C)c1. The molecule has 0 aliphatic carbocycles. The van der Waals surface area contributed by atoms with Crippen LogP contribution < -0.4 is 10.1 Å². The lowest BCUT2D eigenvalue weighted by atomic mass is 10.0. The minimum absolute atomic E-state index is 0.0204. The van der Waals surface area contributed by atoms with E-state index in [0.29, 0.717) is 17.2 Å². The third kappa shape index (κ3) is 8.08. The van der Waals surface area contributed by atoms with E-state index in [-0.39, 0.29) is 31.0 Å². The molecule has 0 radical (unpaired) electrons. The van der Waals surface area contributed by atoms with Gasteiger partial charge in [-0.25, -0.2) is 0 Å². The molecule has 0 saturated heterocycles. The van der Waals surface area contributed by atoms with Crippen molar-refractivity contribution in [3.8, 4) is 5.75 Å². The average Bonchev–Trinajstić information content (AvgIpc) is 2.89. The zero-order valence-corrected chi connectivity index (χ0v) is 24.1. The first-order chi connectivity index (χ1) is 17.7. The van der Waals surface area contributed by atoms with Crippen molar-refractivity contribution >= 4 is 39.3 Å². The van der Waals surface area contributed by atoms with Gasteiger partial charge >= 0.3 is 0 Å². The van der Waals surface area contributed by atoms with Gasteiger partial charge in [0.2, 0.25) is 5.91 Å². The van der Waals surface area contributed by atoms with Gasteiger partial charge in [-0.15, -0.1) is 0 Å². The van der Waals surface area contributed by atoms with Gasteiger partial charge < -0.3 is 15.0 Å². The van der Waals surface area contributed by atoms with Crippen molar-refractivity contribution in [3.63, 3.8) is 0 Å². The maximum absolute atomic E-state index is 13.7. The molecule has 0 aliphatic rings. The summed E-state index contributed by atoms with van der Waals surface area (Å²) in [5.74, 6) is 0.111. The van der Waals surface area contributed by atoms with Gasteiger partial charge in [0.05, 0.1) is 0 Å². The summed E-state index contributed by atoms with van der Waals surface area (Å²) >= 11 is 10.0. The molecule has 0 saturated carbocycles. The minimum Gasteiger partial charge on any atom is -0.484 e. The molecule has 2 amide bonds. The number of nitrogens with one attached hydrogen (secondary N) is 1. The van der Waals surface area contributed by atoms with Crippen LogP contribution in [0.25, 0.3) is 0 Å². The molecule has 196 valence electrons. The van der Waals surface area contributed by atoms with E-state index < -0.39 is 6.04 Å². The first-order valence-electron chi connectivity index (χ1n) is 12.5. The fraction of sp³-hybridized carbons (Fsp3) is 0.333. The van der Waals surface area contributed by atoms with Gasteiger partial charge in [0.15, 0.2) is 6.61 Å². The van der Waals surface area contributed by atoms with E-state index in [4.69, 9.17) is 16.3 Å². The molecule has 3 aromatic rings. The molecule has 3 aromatic carbocycles. The van der Waals surface area contributed by atoms with Crippen LogP contribution in [-0.2, 0) is 22.6 Å². The molecule has 0 heterocycles. The predicted molar refractivity (Wildman–Crippen MR) is 153 cm³/mol. The van der Waals surface area contributed by atoms with Gasteiger partial charge in [-0.3, -0.25) is 9.59 Å². The molecule has 1 N–H and O–H groups in total. The normalized spacial score (nSPS) is 12.5. The summed E-state index contributed by atoms with van der Waals surface area (Å²) in [6, 6.07) is 20.1. The topological polar surface area (TPSA) is 58.6 Å². The maximum atomic E-state index is 13.7. The van der Waals surface area contributed by atoms with E-state index >= 15 is 0 Å². The third-order valence-electron chi connectivity index (χ3n) is 6.34. The summed E-state index contributed by atoms with van der Waals surface area (Å²) in [4.78, 5) is 28.9. The Labute approximate surface area is 233 Å². The summed E-state index contributed by atoms with van der Waals surface area (Å²) in [6.45, 7) is 7.91. The summed E-state index contributed by atoms with van der Waals surface area (Å²) in [5.41, 5.74) is 3.77. The number of aryl methyl sites for hydroxylation is 2. The molecular weight excluding hydrogens is 552 g/mol. The molecule has 7 heteroatoms. The summed E-state index contributed by atoms with van der Waals surface area (Å²) in [5, 5.41) is 3.61. The van der Waals surface area contributed by atoms with Crippen LogP contribution in [0.5, 0.6) is 5.75 Å². The second kappa shape index (κ2) is 13.6. The van der Waals surface area contributed by atoms with E-state index in [1.807, 2.05) is 88.4 Å². The van der Waals surface area contributed by atoms with Gasteiger partial charge in [0, 0.05) is 28.5 Å². The Hall–Kier alpha value is -2.83. The molecule has 5 nitrogen and oxygen atoms in total. The number of hydrogen-bond acceptors (Lipinski definition) is 3. The molecule has 0 aromatic heterocycles. The van der Waals surface area contributed by atoms with Crippen LogP contribution in [0.2, 0.25) is 5.02 Å². The van der Waals surface area contributed by atoms with Gasteiger partial charge in [0.1, 0.15) is 11.8 Å².